The number of para-hydroxylation sites is 1. The number of ether oxygens (including phenoxy) is 1. The summed E-state index contributed by atoms with van der Waals surface area (Å²) in [5, 5.41) is 10.8. The molecule has 5 rings (SSSR count). The predicted molar refractivity (Wildman–Crippen MR) is 151 cm³/mol. The van der Waals surface area contributed by atoms with Crippen molar-refractivity contribution < 1.29 is 19.5 Å². The van der Waals surface area contributed by atoms with Crippen molar-refractivity contribution in [3.8, 4) is 17.0 Å². The van der Waals surface area contributed by atoms with E-state index >= 15 is 0 Å². The SMILES string of the molecule is CCCCN(Cc1ccc(C(=O)NO)cc1)C(=O)c1cc2c([nH]c3ccccc32)c(-c2cccc(OC)c2)n1. The molecule has 2 heterocycles. The van der Waals surface area contributed by atoms with Crippen LogP contribution in [0.5, 0.6) is 5.75 Å². The number of nitrogens with one attached hydrogen (secondary N) is 2. The van der Waals surface area contributed by atoms with Crippen LogP contribution in [0.4, 0.5) is 0 Å². The Labute approximate surface area is 226 Å². The largest absolute Gasteiger partial charge is 0.497 e. The number of nitrogens with zero attached hydrogens (tertiary/aromatic N) is 2. The lowest BCUT2D eigenvalue weighted by Crippen LogP contribution is -2.32. The Hall–Kier alpha value is -4.69. The van der Waals surface area contributed by atoms with Crippen molar-refractivity contribution in [2.24, 2.45) is 0 Å². The quantitative estimate of drug-likeness (QED) is 0.164. The molecule has 0 aliphatic rings. The van der Waals surface area contributed by atoms with E-state index < -0.39 is 5.91 Å². The number of amides is 2. The van der Waals surface area contributed by atoms with Crippen LogP contribution in [-0.2, 0) is 6.54 Å². The zero-order valence-electron chi connectivity index (χ0n) is 21.9. The molecule has 0 radical (unpaired) electrons. The van der Waals surface area contributed by atoms with E-state index in [1.54, 1.807) is 41.8 Å². The smallest absolute Gasteiger partial charge is 0.274 e. The summed E-state index contributed by atoms with van der Waals surface area (Å²) in [6.45, 7) is 3.01. The number of pyridine rings is 1. The van der Waals surface area contributed by atoms with Gasteiger partial charge in [0.25, 0.3) is 11.8 Å². The van der Waals surface area contributed by atoms with Crippen LogP contribution in [0.15, 0.2) is 78.9 Å². The number of hydroxylamine groups is 1. The van der Waals surface area contributed by atoms with Crippen molar-refractivity contribution in [2.75, 3.05) is 13.7 Å². The minimum absolute atomic E-state index is 0.169. The Balaban J connectivity index is 1.58. The van der Waals surface area contributed by atoms with Crippen LogP contribution < -0.4 is 10.2 Å². The summed E-state index contributed by atoms with van der Waals surface area (Å²) in [6, 6.07) is 24.4. The minimum atomic E-state index is -0.582. The third-order valence-electron chi connectivity index (χ3n) is 6.82. The molecular weight excluding hydrogens is 492 g/mol. The summed E-state index contributed by atoms with van der Waals surface area (Å²) in [5.74, 6) is -0.0445. The molecule has 0 saturated heterocycles. The molecule has 2 aromatic heterocycles. The number of methoxy groups -OCH3 is 1. The maximum atomic E-state index is 14.0. The fourth-order valence-corrected chi connectivity index (χ4v) is 4.74. The van der Waals surface area contributed by atoms with Crippen LogP contribution in [0.2, 0.25) is 0 Å². The second-order valence-electron chi connectivity index (χ2n) is 9.40. The van der Waals surface area contributed by atoms with Gasteiger partial charge in [0.05, 0.1) is 18.3 Å². The molecule has 39 heavy (non-hydrogen) atoms. The first-order valence-electron chi connectivity index (χ1n) is 12.9. The summed E-state index contributed by atoms with van der Waals surface area (Å²) in [4.78, 5) is 35.9. The van der Waals surface area contributed by atoms with Gasteiger partial charge in [-0.05, 0) is 48.4 Å². The van der Waals surface area contributed by atoms with Gasteiger partial charge in [-0.1, -0.05) is 55.8 Å². The molecule has 0 saturated carbocycles. The van der Waals surface area contributed by atoms with E-state index in [2.05, 4.69) is 11.9 Å². The van der Waals surface area contributed by atoms with E-state index in [0.717, 1.165) is 45.8 Å². The van der Waals surface area contributed by atoms with Crippen LogP contribution in [0, 0.1) is 0 Å². The predicted octanol–water partition coefficient (Wildman–Crippen LogP) is 5.95. The Bertz CT molecular complexity index is 1640. The van der Waals surface area contributed by atoms with Gasteiger partial charge in [0.2, 0.25) is 0 Å². The number of unbranched alkanes of at least 4 members (excludes halogenated alkanes) is 1. The van der Waals surface area contributed by atoms with Crippen LogP contribution in [0.3, 0.4) is 0 Å². The molecule has 3 aromatic carbocycles. The fraction of sp³-hybridized carbons (Fsp3) is 0.194. The second-order valence-corrected chi connectivity index (χ2v) is 9.40. The maximum absolute atomic E-state index is 14.0. The van der Waals surface area contributed by atoms with Gasteiger partial charge in [-0.25, -0.2) is 10.5 Å². The van der Waals surface area contributed by atoms with Gasteiger partial charge in [0, 0.05) is 40.5 Å². The molecule has 0 unspecified atom stereocenters. The summed E-state index contributed by atoms with van der Waals surface area (Å²) in [5.41, 5.74) is 6.56. The number of aromatic nitrogens is 2. The van der Waals surface area contributed by atoms with Gasteiger partial charge in [-0.3, -0.25) is 14.8 Å². The van der Waals surface area contributed by atoms with Gasteiger partial charge in [-0.15, -0.1) is 0 Å². The average molecular weight is 523 g/mol. The highest BCUT2D eigenvalue weighted by atomic mass is 16.5. The summed E-state index contributed by atoms with van der Waals surface area (Å²) < 4.78 is 5.45. The number of rotatable bonds is 9. The fourth-order valence-electron chi connectivity index (χ4n) is 4.74. The minimum Gasteiger partial charge on any atom is -0.497 e. The molecule has 0 aliphatic carbocycles. The van der Waals surface area contributed by atoms with E-state index in [4.69, 9.17) is 14.9 Å². The number of fused-ring (bicyclic) bond motifs is 3. The van der Waals surface area contributed by atoms with Crippen LogP contribution >= 0.6 is 0 Å². The Morgan fingerprint density at radius 2 is 1.79 bits per heavy atom. The van der Waals surface area contributed by atoms with Gasteiger partial charge in [0.1, 0.15) is 11.4 Å². The molecule has 0 bridgehead atoms. The number of carbonyl (C=O) groups excluding carboxylic acids is 2. The van der Waals surface area contributed by atoms with Crippen molar-refractivity contribution in [1.29, 1.82) is 0 Å². The van der Waals surface area contributed by atoms with E-state index in [9.17, 15) is 9.59 Å². The molecular formula is C31H30N4O4. The Morgan fingerprint density at radius 1 is 1.00 bits per heavy atom. The number of hydrogen-bond acceptors (Lipinski definition) is 5. The molecule has 0 spiro atoms. The monoisotopic (exact) mass is 522 g/mol. The molecule has 8 heteroatoms. The topological polar surface area (TPSA) is 108 Å². The molecule has 2 amide bonds. The van der Waals surface area contributed by atoms with E-state index in [-0.39, 0.29) is 5.91 Å². The van der Waals surface area contributed by atoms with E-state index in [1.165, 1.54) is 0 Å². The van der Waals surface area contributed by atoms with Crippen molar-refractivity contribution in [1.82, 2.24) is 20.3 Å². The number of benzene rings is 3. The normalized spacial score (nSPS) is 11.1. The lowest BCUT2D eigenvalue weighted by molar-refractivity contribution is 0.0704. The van der Waals surface area contributed by atoms with Crippen LogP contribution in [0.25, 0.3) is 33.1 Å². The van der Waals surface area contributed by atoms with Crippen molar-refractivity contribution in [3.63, 3.8) is 0 Å². The summed E-state index contributed by atoms with van der Waals surface area (Å²) >= 11 is 0. The summed E-state index contributed by atoms with van der Waals surface area (Å²) in [7, 11) is 1.62. The number of hydrogen-bond donors (Lipinski definition) is 3. The second kappa shape index (κ2) is 11.4. The highest BCUT2D eigenvalue weighted by molar-refractivity contribution is 6.13. The number of aromatic amines is 1. The van der Waals surface area contributed by atoms with Gasteiger partial charge in [-0.2, -0.15) is 0 Å². The van der Waals surface area contributed by atoms with E-state index in [1.807, 2.05) is 54.6 Å². The zero-order valence-corrected chi connectivity index (χ0v) is 21.9. The van der Waals surface area contributed by atoms with Crippen molar-refractivity contribution >= 4 is 33.6 Å². The van der Waals surface area contributed by atoms with Crippen molar-refractivity contribution in [2.45, 2.75) is 26.3 Å². The van der Waals surface area contributed by atoms with Crippen LogP contribution in [0.1, 0.15) is 46.2 Å². The lowest BCUT2D eigenvalue weighted by Gasteiger charge is -2.23. The Morgan fingerprint density at radius 3 is 2.54 bits per heavy atom. The molecule has 8 nitrogen and oxygen atoms in total. The maximum Gasteiger partial charge on any atom is 0.274 e. The number of H-pyrrole nitrogens is 1. The Kier molecular flexibility index (Phi) is 7.56. The zero-order chi connectivity index (χ0) is 27.4. The molecule has 0 aliphatic heterocycles. The molecule has 5 aromatic rings. The van der Waals surface area contributed by atoms with Gasteiger partial charge >= 0.3 is 0 Å². The highest BCUT2D eigenvalue weighted by Gasteiger charge is 2.22. The third-order valence-corrected chi connectivity index (χ3v) is 6.82. The van der Waals surface area contributed by atoms with Crippen LogP contribution in [-0.4, -0.2) is 45.5 Å². The van der Waals surface area contributed by atoms with Gasteiger partial charge < -0.3 is 14.6 Å². The molecule has 0 fully saturated rings. The van der Waals surface area contributed by atoms with Crippen molar-refractivity contribution in [3.05, 3.63) is 95.7 Å². The first-order valence-corrected chi connectivity index (χ1v) is 12.9. The standard InChI is InChI=1S/C31H30N4O4/c1-3-4-16-35(19-20-12-14-21(15-13-20)30(36)34-38)31(37)27-18-25-24-10-5-6-11-26(24)32-29(25)28(33-27)22-8-7-9-23(17-22)39-2/h5-15,17-18,32,38H,3-4,16,19H2,1-2H3,(H,34,36). The average Bonchev–Trinajstić information content (AvgIpc) is 3.37. The number of carbonyl (C=O) groups is 2. The van der Waals surface area contributed by atoms with Gasteiger partial charge in [0.15, 0.2) is 0 Å². The lowest BCUT2D eigenvalue weighted by atomic mass is 10.1. The first kappa shape index (κ1) is 25.9. The third kappa shape index (κ3) is 5.32. The summed E-state index contributed by atoms with van der Waals surface area (Å²) in [6.07, 6.45) is 1.78. The van der Waals surface area contributed by atoms with E-state index in [0.29, 0.717) is 35.8 Å². The highest BCUT2D eigenvalue weighted by Crippen LogP contribution is 2.34. The molecule has 0 atom stereocenters. The molecule has 198 valence electrons. The molecule has 3 N–H and O–H groups in total. The first-order chi connectivity index (χ1) is 19.0.